The average Bonchev–Trinajstić information content (AvgIpc) is 3.01. The third-order valence-corrected chi connectivity index (χ3v) is 3.98. The van der Waals surface area contributed by atoms with Crippen molar-refractivity contribution < 1.29 is 9.53 Å². The first kappa shape index (κ1) is 17.7. The maximum Gasteiger partial charge on any atom is 0.369 e. The Kier molecular flexibility index (Phi) is 5.33. The summed E-state index contributed by atoms with van der Waals surface area (Å²) in [4.78, 5) is 24.4. The van der Waals surface area contributed by atoms with Gasteiger partial charge in [0, 0.05) is 6.54 Å². The van der Waals surface area contributed by atoms with Crippen molar-refractivity contribution in [3.63, 3.8) is 0 Å². The summed E-state index contributed by atoms with van der Waals surface area (Å²) < 4.78 is 7.12. The zero-order valence-corrected chi connectivity index (χ0v) is 14.7. The lowest BCUT2D eigenvalue weighted by Gasteiger charge is -2.06. The third kappa shape index (κ3) is 3.92. The first-order chi connectivity index (χ1) is 12.6. The van der Waals surface area contributed by atoms with E-state index in [2.05, 4.69) is 15.7 Å². The van der Waals surface area contributed by atoms with E-state index < -0.39 is 5.69 Å². The number of nitrogens with one attached hydrogen (secondary N) is 1. The average molecular weight is 374 g/mol. The topological polar surface area (TPSA) is 91.0 Å². The molecule has 0 fully saturated rings. The second-order valence-corrected chi connectivity index (χ2v) is 5.81. The van der Waals surface area contributed by atoms with E-state index in [1.54, 1.807) is 43.5 Å². The minimum atomic E-state index is -0.544. The number of hydrogen-bond acceptors (Lipinski definition) is 5. The molecule has 134 valence electrons. The second kappa shape index (κ2) is 7.83. The van der Waals surface area contributed by atoms with Gasteiger partial charge >= 0.3 is 5.69 Å². The number of benzene rings is 2. The van der Waals surface area contributed by atoms with Gasteiger partial charge < -0.3 is 10.1 Å². The summed E-state index contributed by atoms with van der Waals surface area (Å²) in [5, 5.41) is 10.6. The highest BCUT2D eigenvalue weighted by molar-refractivity contribution is 6.32. The van der Waals surface area contributed by atoms with Gasteiger partial charge in [-0.3, -0.25) is 4.79 Å². The Bertz CT molecular complexity index is 965. The molecule has 0 saturated carbocycles. The van der Waals surface area contributed by atoms with E-state index in [1.807, 2.05) is 12.1 Å². The number of para-hydroxylation sites is 1. The summed E-state index contributed by atoms with van der Waals surface area (Å²) in [6, 6.07) is 14.1. The molecule has 2 aromatic carbocycles. The van der Waals surface area contributed by atoms with Crippen LogP contribution in [-0.4, -0.2) is 32.8 Å². The molecule has 0 radical (unpaired) electrons. The van der Waals surface area contributed by atoms with E-state index in [1.165, 1.54) is 0 Å². The highest BCUT2D eigenvalue weighted by Gasteiger charge is 2.13. The van der Waals surface area contributed by atoms with Gasteiger partial charge in [-0.15, -0.1) is 0 Å². The summed E-state index contributed by atoms with van der Waals surface area (Å²) in [5.74, 6) is 0.386. The molecule has 26 heavy (non-hydrogen) atoms. The molecule has 1 amide bonds. The number of carbonyl (C=O) groups is 1. The van der Waals surface area contributed by atoms with Crippen LogP contribution in [-0.2, 0) is 17.9 Å². The smallest absolute Gasteiger partial charge is 0.369 e. The Hall–Kier alpha value is -3.13. The Morgan fingerprint density at radius 3 is 2.58 bits per heavy atom. The summed E-state index contributed by atoms with van der Waals surface area (Å²) >= 11 is 6.06. The number of ether oxygens (including phenoxy) is 1. The molecule has 0 saturated heterocycles. The van der Waals surface area contributed by atoms with Crippen LogP contribution in [0.25, 0.3) is 5.69 Å². The molecule has 8 nitrogen and oxygen atoms in total. The molecule has 3 rings (SSSR count). The van der Waals surface area contributed by atoms with E-state index in [-0.39, 0.29) is 12.5 Å². The minimum absolute atomic E-state index is 0.237. The first-order valence-electron chi connectivity index (χ1n) is 7.76. The zero-order chi connectivity index (χ0) is 18.5. The van der Waals surface area contributed by atoms with Crippen molar-refractivity contribution in [2.24, 2.45) is 0 Å². The quantitative estimate of drug-likeness (QED) is 0.705. The molecule has 0 aliphatic rings. The van der Waals surface area contributed by atoms with Crippen molar-refractivity contribution in [1.82, 2.24) is 25.1 Å². The number of halogens is 1. The van der Waals surface area contributed by atoms with Crippen molar-refractivity contribution >= 4 is 17.5 Å². The molecule has 0 aliphatic heterocycles. The van der Waals surface area contributed by atoms with Crippen LogP contribution in [0.5, 0.6) is 5.75 Å². The lowest BCUT2D eigenvalue weighted by atomic mass is 10.2. The van der Waals surface area contributed by atoms with Gasteiger partial charge in [-0.25, -0.2) is 4.79 Å². The van der Waals surface area contributed by atoms with Crippen LogP contribution in [0.3, 0.4) is 0 Å². The molecular weight excluding hydrogens is 358 g/mol. The summed E-state index contributed by atoms with van der Waals surface area (Å²) in [7, 11) is 1.59. The standard InChI is InChI=1S/C17H16ClN5O3/c1-26-13-8-6-12(7-9-13)10-19-16(24)11-22-17(25)23(21-20-22)15-5-3-2-4-14(15)18/h2-9H,10-11H2,1H3,(H,19,24). The highest BCUT2D eigenvalue weighted by Crippen LogP contribution is 2.16. The fourth-order valence-electron chi connectivity index (χ4n) is 2.28. The van der Waals surface area contributed by atoms with Gasteiger partial charge in [0.05, 0.1) is 17.8 Å². The molecular formula is C17H16ClN5O3. The molecule has 0 bridgehead atoms. The predicted octanol–water partition coefficient (Wildman–Crippen LogP) is 1.41. The number of carbonyl (C=O) groups excluding carboxylic acids is 1. The molecule has 9 heteroatoms. The van der Waals surface area contributed by atoms with E-state index in [0.29, 0.717) is 17.3 Å². The van der Waals surface area contributed by atoms with Crippen LogP contribution in [0.4, 0.5) is 0 Å². The summed E-state index contributed by atoms with van der Waals surface area (Å²) in [5.41, 5.74) is 0.771. The van der Waals surface area contributed by atoms with E-state index in [0.717, 1.165) is 20.7 Å². The van der Waals surface area contributed by atoms with Crippen molar-refractivity contribution in [2.75, 3.05) is 7.11 Å². The van der Waals surface area contributed by atoms with Gasteiger partial charge in [0.15, 0.2) is 0 Å². The van der Waals surface area contributed by atoms with Crippen molar-refractivity contribution in [3.8, 4) is 11.4 Å². The van der Waals surface area contributed by atoms with Gasteiger partial charge in [0.1, 0.15) is 12.3 Å². The molecule has 1 aromatic heterocycles. The molecule has 0 aliphatic carbocycles. The van der Waals surface area contributed by atoms with Crippen LogP contribution < -0.4 is 15.7 Å². The fraction of sp³-hybridized carbons (Fsp3) is 0.176. The monoisotopic (exact) mass is 373 g/mol. The van der Waals surface area contributed by atoms with Gasteiger partial charge in [-0.05, 0) is 40.3 Å². The number of aromatic nitrogens is 4. The van der Waals surface area contributed by atoms with Gasteiger partial charge in [0.2, 0.25) is 5.91 Å². The zero-order valence-electron chi connectivity index (χ0n) is 13.9. The van der Waals surface area contributed by atoms with Crippen molar-refractivity contribution in [3.05, 3.63) is 69.6 Å². The van der Waals surface area contributed by atoms with Crippen LogP contribution in [0.2, 0.25) is 5.02 Å². The summed E-state index contributed by atoms with van der Waals surface area (Å²) in [6.07, 6.45) is 0. The Morgan fingerprint density at radius 1 is 1.15 bits per heavy atom. The van der Waals surface area contributed by atoms with Crippen LogP contribution in [0.1, 0.15) is 5.56 Å². The van der Waals surface area contributed by atoms with Gasteiger partial charge in [0.25, 0.3) is 0 Å². The Balaban J connectivity index is 1.65. The lowest BCUT2D eigenvalue weighted by Crippen LogP contribution is -2.33. The van der Waals surface area contributed by atoms with Crippen molar-refractivity contribution in [1.29, 1.82) is 0 Å². The van der Waals surface area contributed by atoms with Gasteiger partial charge in [-0.2, -0.15) is 9.36 Å². The maximum absolute atomic E-state index is 12.4. The first-order valence-corrected chi connectivity index (χ1v) is 8.13. The number of tetrazole rings is 1. The second-order valence-electron chi connectivity index (χ2n) is 5.41. The number of nitrogens with zero attached hydrogens (tertiary/aromatic N) is 4. The van der Waals surface area contributed by atoms with Gasteiger partial charge in [-0.1, -0.05) is 35.9 Å². The molecule has 0 spiro atoms. The number of amides is 1. The lowest BCUT2D eigenvalue weighted by molar-refractivity contribution is -0.122. The predicted molar refractivity (Wildman–Crippen MR) is 95.5 cm³/mol. The van der Waals surface area contributed by atoms with Crippen LogP contribution in [0.15, 0.2) is 53.3 Å². The van der Waals surface area contributed by atoms with Crippen molar-refractivity contribution in [2.45, 2.75) is 13.1 Å². The van der Waals surface area contributed by atoms with Crippen LogP contribution >= 0.6 is 11.6 Å². The highest BCUT2D eigenvalue weighted by atomic mass is 35.5. The fourth-order valence-corrected chi connectivity index (χ4v) is 2.50. The molecule has 1 heterocycles. The number of hydrogen-bond donors (Lipinski definition) is 1. The van der Waals surface area contributed by atoms with E-state index in [4.69, 9.17) is 16.3 Å². The molecule has 1 N–H and O–H groups in total. The normalized spacial score (nSPS) is 10.5. The third-order valence-electron chi connectivity index (χ3n) is 3.66. The number of rotatable bonds is 6. The van der Waals surface area contributed by atoms with E-state index >= 15 is 0 Å². The summed E-state index contributed by atoms with van der Waals surface area (Å²) in [6.45, 7) is 0.0929. The molecule has 0 unspecified atom stereocenters. The van der Waals surface area contributed by atoms with E-state index in [9.17, 15) is 9.59 Å². The molecule has 3 aromatic rings. The van der Waals surface area contributed by atoms with Crippen LogP contribution in [0, 0.1) is 0 Å². The molecule has 0 atom stereocenters. The Labute approximate surface area is 153 Å². The largest absolute Gasteiger partial charge is 0.497 e. The number of methoxy groups -OCH3 is 1. The SMILES string of the molecule is COc1ccc(CNC(=O)Cn2nnn(-c3ccccc3Cl)c2=O)cc1. The minimum Gasteiger partial charge on any atom is -0.497 e. The maximum atomic E-state index is 12.4. The Morgan fingerprint density at radius 2 is 1.88 bits per heavy atom.